The lowest BCUT2D eigenvalue weighted by atomic mass is 9.88. The molecule has 17 heavy (non-hydrogen) atoms. The standard InChI is InChI=1S/C13H25NO2.H2S/c1-4-6-11(9-10(3)15)7-8-12(5-2)13(14)16;/h11-12H,4-9H2,1-3H3,(H2,14,16);1H2/t11?,12-;/m1./s1. The minimum absolute atomic E-state index is 0. The van der Waals surface area contributed by atoms with Gasteiger partial charge in [0.2, 0.25) is 5.91 Å². The van der Waals surface area contributed by atoms with Crippen molar-refractivity contribution in [3.63, 3.8) is 0 Å². The van der Waals surface area contributed by atoms with Crippen LogP contribution < -0.4 is 5.73 Å². The monoisotopic (exact) mass is 261 g/mol. The SMILES string of the molecule is CCCC(CC[C@@H](CC)C(N)=O)CC(C)=O.S. The van der Waals surface area contributed by atoms with Gasteiger partial charge in [0, 0.05) is 12.3 Å². The largest absolute Gasteiger partial charge is 0.369 e. The predicted molar refractivity (Wildman–Crippen MR) is 76.3 cm³/mol. The summed E-state index contributed by atoms with van der Waals surface area (Å²) in [6, 6.07) is 0. The molecule has 0 radical (unpaired) electrons. The molecule has 0 fully saturated rings. The molecule has 4 heteroatoms. The van der Waals surface area contributed by atoms with Gasteiger partial charge in [0.25, 0.3) is 0 Å². The maximum Gasteiger partial charge on any atom is 0.220 e. The van der Waals surface area contributed by atoms with E-state index in [-0.39, 0.29) is 31.1 Å². The molecule has 2 atom stereocenters. The number of ketones is 1. The van der Waals surface area contributed by atoms with Crippen LogP contribution in [0.25, 0.3) is 0 Å². The zero-order valence-corrected chi connectivity index (χ0v) is 12.3. The Bertz CT molecular complexity index is 231. The first-order valence-electron chi connectivity index (χ1n) is 6.29. The summed E-state index contributed by atoms with van der Waals surface area (Å²) in [6.45, 7) is 5.74. The molecule has 0 aromatic rings. The van der Waals surface area contributed by atoms with E-state index in [2.05, 4.69) is 6.92 Å². The van der Waals surface area contributed by atoms with Crippen molar-refractivity contribution in [3.05, 3.63) is 0 Å². The van der Waals surface area contributed by atoms with Crippen molar-refractivity contribution in [3.8, 4) is 0 Å². The summed E-state index contributed by atoms with van der Waals surface area (Å²) in [6.07, 6.45) is 5.36. The third-order valence-electron chi connectivity index (χ3n) is 3.09. The molecular formula is C13H27NO2S. The highest BCUT2D eigenvalue weighted by molar-refractivity contribution is 7.59. The molecule has 1 unspecified atom stereocenters. The van der Waals surface area contributed by atoms with Crippen LogP contribution in [0.5, 0.6) is 0 Å². The van der Waals surface area contributed by atoms with Gasteiger partial charge in [-0.3, -0.25) is 4.79 Å². The summed E-state index contributed by atoms with van der Waals surface area (Å²) in [4.78, 5) is 22.2. The Morgan fingerprint density at radius 2 is 1.71 bits per heavy atom. The Hall–Kier alpha value is -0.510. The summed E-state index contributed by atoms with van der Waals surface area (Å²) in [5.41, 5.74) is 5.30. The molecule has 0 aliphatic heterocycles. The van der Waals surface area contributed by atoms with E-state index in [1.165, 1.54) is 0 Å². The van der Waals surface area contributed by atoms with Crippen molar-refractivity contribution in [2.24, 2.45) is 17.6 Å². The third kappa shape index (κ3) is 9.22. The van der Waals surface area contributed by atoms with Crippen LogP contribution in [0.2, 0.25) is 0 Å². The van der Waals surface area contributed by atoms with Crippen LogP contribution in [0.15, 0.2) is 0 Å². The quantitative estimate of drug-likeness (QED) is 0.694. The van der Waals surface area contributed by atoms with Gasteiger partial charge >= 0.3 is 0 Å². The summed E-state index contributed by atoms with van der Waals surface area (Å²) < 4.78 is 0. The molecule has 1 amide bonds. The van der Waals surface area contributed by atoms with E-state index in [1.807, 2.05) is 6.92 Å². The Morgan fingerprint density at radius 3 is 2.06 bits per heavy atom. The summed E-state index contributed by atoms with van der Waals surface area (Å²) in [5, 5.41) is 0. The van der Waals surface area contributed by atoms with Crippen LogP contribution in [0.3, 0.4) is 0 Å². The van der Waals surface area contributed by atoms with Crippen molar-refractivity contribution in [1.29, 1.82) is 0 Å². The number of carbonyl (C=O) groups is 2. The van der Waals surface area contributed by atoms with Gasteiger partial charge in [0.1, 0.15) is 5.78 Å². The molecule has 0 saturated carbocycles. The molecule has 0 heterocycles. The van der Waals surface area contributed by atoms with Crippen LogP contribution in [-0.4, -0.2) is 11.7 Å². The van der Waals surface area contributed by atoms with Gasteiger partial charge in [-0.1, -0.05) is 26.7 Å². The number of hydrogen-bond donors (Lipinski definition) is 1. The van der Waals surface area contributed by atoms with Crippen LogP contribution >= 0.6 is 13.5 Å². The number of hydrogen-bond acceptors (Lipinski definition) is 2. The van der Waals surface area contributed by atoms with Gasteiger partial charge in [-0.2, -0.15) is 13.5 Å². The van der Waals surface area contributed by atoms with E-state index in [1.54, 1.807) is 6.92 Å². The highest BCUT2D eigenvalue weighted by atomic mass is 32.1. The van der Waals surface area contributed by atoms with Gasteiger partial charge in [0.05, 0.1) is 0 Å². The molecule has 0 rings (SSSR count). The molecule has 3 nitrogen and oxygen atoms in total. The lowest BCUT2D eigenvalue weighted by molar-refractivity contribution is -0.122. The molecule has 0 saturated heterocycles. The molecular weight excluding hydrogens is 234 g/mol. The zero-order chi connectivity index (χ0) is 12.6. The summed E-state index contributed by atoms with van der Waals surface area (Å²) in [7, 11) is 0. The molecule has 102 valence electrons. The fraction of sp³-hybridized carbons (Fsp3) is 0.846. The Morgan fingerprint density at radius 1 is 1.12 bits per heavy atom. The molecule has 0 aliphatic carbocycles. The first kappa shape index (κ1) is 18.8. The number of carbonyl (C=O) groups excluding carboxylic acids is 2. The Labute approximate surface area is 112 Å². The van der Waals surface area contributed by atoms with Crippen molar-refractivity contribution >= 4 is 25.2 Å². The third-order valence-corrected chi connectivity index (χ3v) is 3.09. The maximum absolute atomic E-state index is 11.1. The van der Waals surface area contributed by atoms with Crippen molar-refractivity contribution in [1.82, 2.24) is 0 Å². The first-order valence-corrected chi connectivity index (χ1v) is 6.29. The lowest BCUT2D eigenvalue weighted by Crippen LogP contribution is -2.23. The number of rotatable bonds is 9. The van der Waals surface area contributed by atoms with E-state index in [0.29, 0.717) is 12.3 Å². The highest BCUT2D eigenvalue weighted by Gasteiger charge is 2.17. The Kier molecular flexibility index (Phi) is 11.8. The number of amides is 1. The number of nitrogens with two attached hydrogens (primary N) is 1. The van der Waals surface area contributed by atoms with E-state index in [0.717, 1.165) is 32.1 Å². The van der Waals surface area contributed by atoms with Crippen molar-refractivity contribution in [2.45, 2.75) is 59.3 Å². The minimum Gasteiger partial charge on any atom is -0.369 e. The number of primary amides is 1. The molecule has 0 bridgehead atoms. The summed E-state index contributed by atoms with van der Waals surface area (Å²) >= 11 is 0. The van der Waals surface area contributed by atoms with Gasteiger partial charge in [-0.15, -0.1) is 0 Å². The van der Waals surface area contributed by atoms with Gasteiger partial charge in [-0.05, 0) is 32.1 Å². The fourth-order valence-electron chi connectivity index (χ4n) is 2.15. The zero-order valence-electron chi connectivity index (χ0n) is 11.3. The normalized spacial score (nSPS) is 13.6. The van der Waals surface area contributed by atoms with Crippen molar-refractivity contribution < 1.29 is 9.59 Å². The van der Waals surface area contributed by atoms with Gasteiger partial charge < -0.3 is 10.5 Å². The molecule has 2 N–H and O–H groups in total. The van der Waals surface area contributed by atoms with E-state index >= 15 is 0 Å². The average molecular weight is 261 g/mol. The second kappa shape index (κ2) is 10.6. The first-order chi connectivity index (χ1) is 7.51. The maximum atomic E-state index is 11.1. The topological polar surface area (TPSA) is 60.2 Å². The minimum atomic E-state index is -0.208. The summed E-state index contributed by atoms with van der Waals surface area (Å²) in [5.74, 6) is 0.438. The highest BCUT2D eigenvalue weighted by Crippen LogP contribution is 2.22. The average Bonchev–Trinajstić information content (AvgIpc) is 2.17. The van der Waals surface area contributed by atoms with Gasteiger partial charge in [-0.25, -0.2) is 0 Å². The second-order valence-electron chi connectivity index (χ2n) is 4.65. The van der Waals surface area contributed by atoms with Crippen LogP contribution in [0, 0.1) is 11.8 Å². The molecule has 0 aromatic heterocycles. The molecule has 0 spiro atoms. The van der Waals surface area contributed by atoms with Gasteiger partial charge in [0.15, 0.2) is 0 Å². The predicted octanol–water partition coefficient (Wildman–Crippen LogP) is 2.79. The molecule has 0 aliphatic rings. The fourth-order valence-corrected chi connectivity index (χ4v) is 2.15. The lowest BCUT2D eigenvalue weighted by Gasteiger charge is -2.17. The van der Waals surface area contributed by atoms with Crippen LogP contribution in [0.4, 0.5) is 0 Å². The van der Waals surface area contributed by atoms with E-state index < -0.39 is 0 Å². The van der Waals surface area contributed by atoms with Crippen LogP contribution in [-0.2, 0) is 9.59 Å². The second-order valence-corrected chi connectivity index (χ2v) is 4.65. The smallest absolute Gasteiger partial charge is 0.220 e. The van der Waals surface area contributed by atoms with E-state index in [4.69, 9.17) is 5.73 Å². The number of Topliss-reactive ketones (excluding diaryl/α,β-unsaturated/α-hetero) is 1. The van der Waals surface area contributed by atoms with Crippen molar-refractivity contribution in [2.75, 3.05) is 0 Å². The molecule has 0 aromatic carbocycles. The Balaban J connectivity index is 0. The van der Waals surface area contributed by atoms with Crippen LogP contribution in [0.1, 0.15) is 59.3 Å². The van der Waals surface area contributed by atoms with E-state index in [9.17, 15) is 9.59 Å².